The lowest BCUT2D eigenvalue weighted by atomic mass is 10.1. The van der Waals surface area contributed by atoms with Gasteiger partial charge >= 0.3 is 0 Å². The van der Waals surface area contributed by atoms with E-state index in [2.05, 4.69) is 5.32 Å². The van der Waals surface area contributed by atoms with E-state index < -0.39 is 34.7 Å². The molecular weight excluding hydrogens is 274 g/mol. The number of aryl methyl sites for hydroxylation is 1. The largest absolute Gasteiger partial charge is 0.319 e. The van der Waals surface area contributed by atoms with Crippen molar-refractivity contribution < 1.29 is 22.4 Å². The van der Waals surface area contributed by atoms with Crippen LogP contribution in [0.2, 0.25) is 0 Å². The summed E-state index contributed by atoms with van der Waals surface area (Å²) in [7, 11) is 0. The van der Waals surface area contributed by atoms with Gasteiger partial charge < -0.3 is 5.32 Å². The fourth-order valence-corrected chi connectivity index (χ4v) is 1.66. The van der Waals surface area contributed by atoms with Gasteiger partial charge in [0.05, 0.1) is 5.69 Å². The van der Waals surface area contributed by atoms with Gasteiger partial charge in [-0.2, -0.15) is 0 Å². The van der Waals surface area contributed by atoms with Gasteiger partial charge in [-0.05, 0) is 30.7 Å². The van der Waals surface area contributed by atoms with Crippen LogP contribution in [0, 0.1) is 30.2 Å². The van der Waals surface area contributed by atoms with E-state index in [1.165, 1.54) is 6.07 Å². The fourth-order valence-electron chi connectivity index (χ4n) is 1.66. The zero-order valence-electron chi connectivity index (χ0n) is 10.3. The van der Waals surface area contributed by atoms with Crippen LogP contribution in [0.25, 0.3) is 0 Å². The minimum atomic E-state index is -1.66. The molecule has 20 heavy (non-hydrogen) atoms. The number of carbonyl (C=O) groups is 1. The second-order valence-corrected chi connectivity index (χ2v) is 4.14. The molecule has 2 aromatic carbocycles. The van der Waals surface area contributed by atoms with E-state index in [4.69, 9.17) is 0 Å². The van der Waals surface area contributed by atoms with Crippen molar-refractivity contribution in [2.45, 2.75) is 6.92 Å². The quantitative estimate of drug-likeness (QED) is 0.659. The number of carbonyl (C=O) groups excluding carboxylic acids is 1. The van der Waals surface area contributed by atoms with Crippen molar-refractivity contribution in [2.24, 2.45) is 0 Å². The number of halogens is 4. The summed E-state index contributed by atoms with van der Waals surface area (Å²) in [5.74, 6) is -6.25. The maximum atomic E-state index is 13.5. The van der Waals surface area contributed by atoms with Crippen LogP contribution in [-0.2, 0) is 0 Å². The molecular formula is C14H9F4NO. The lowest BCUT2D eigenvalue weighted by Gasteiger charge is -2.09. The molecule has 6 heteroatoms. The molecule has 0 aliphatic rings. The molecule has 0 aliphatic carbocycles. The molecule has 0 fully saturated rings. The van der Waals surface area contributed by atoms with Crippen molar-refractivity contribution in [3.8, 4) is 0 Å². The van der Waals surface area contributed by atoms with E-state index in [0.29, 0.717) is 17.7 Å². The Balaban J connectivity index is 2.34. The third kappa shape index (κ3) is 2.64. The van der Waals surface area contributed by atoms with Crippen LogP contribution in [0.1, 0.15) is 15.9 Å². The van der Waals surface area contributed by atoms with Crippen molar-refractivity contribution in [2.75, 3.05) is 5.32 Å². The molecule has 0 unspecified atom stereocenters. The SMILES string of the molecule is Cc1cccc(F)c1NC(=O)c1cc(F)c(F)c(F)c1. The lowest BCUT2D eigenvalue weighted by molar-refractivity contribution is 0.102. The second-order valence-electron chi connectivity index (χ2n) is 4.14. The highest BCUT2D eigenvalue weighted by molar-refractivity contribution is 6.04. The number of hydrogen-bond acceptors (Lipinski definition) is 1. The zero-order valence-corrected chi connectivity index (χ0v) is 10.3. The Labute approximate surface area is 112 Å². The molecule has 2 rings (SSSR count). The summed E-state index contributed by atoms with van der Waals surface area (Å²) in [5.41, 5.74) is -0.0897. The third-order valence-corrected chi connectivity index (χ3v) is 2.71. The summed E-state index contributed by atoms with van der Waals surface area (Å²) in [5, 5.41) is 2.20. The second kappa shape index (κ2) is 5.32. The number of nitrogens with one attached hydrogen (secondary N) is 1. The summed E-state index contributed by atoms with van der Waals surface area (Å²) in [6.45, 7) is 1.56. The normalized spacial score (nSPS) is 10.4. The van der Waals surface area contributed by atoms with Gasteiger partial charge in [0.25, 0.3) is 5.91 Å². The van der Waals surface area contributed by atoms with Crippen molar-refractivity contribution in [1.29, 1.82) is 0 Å². The maximum absolute atomic E-state index is 13.5. The Morgan fingerprint density at radius 1 is 1.00 bits per heavy atom. The van der Waals surface area contributed by atoms with Crippen molar-refractivity contribution in [1.82, 2.24) is 0 Å². The summed E-state index contributed by atoms with van der Waals surface area (Å²) < 4.78 is 52.4. The standard InChI is InChI=1S/C14H9F4NO/c1-7-3-2-4-9(15)13(7)19-14(20)8-5-10(16)12(18)11(17)6-8/h2-6H,1H3,(H,19,20). The summed E-state index contributed by atoms with van der Waals surface area (Å²) in [6, 6.07) is 5.24. The molecule has 0 atom stereocenters. The molecule has 0 saturated carbocycles. The summed E-state index contributed by atoms with van der Waals surface area (Å²) in [6.07, 6.45) is 0. The molecule has 0 saturated heterocycles. The van der Waals surface area contributed by atoms with Crippen molar-refractivity contribution >= 4 is 11.6 Å². The Hall–Kier alpha value is -2.37. The number of amides is 1. The summed E-state index contributed by atoms with van der Waals surface area (Å²) in [4.78, 5) is 11.8. The first-order valence-corrected chi connectivity index (χ1v) is 5.61. The van der Waals surface area contributed by atoms with Crippen LogP contribution in [0.4, 0.5) is 23.2 Å². The predicted octanol–water partition coefficient (Wildman–Crippen LogP) is 3.80. The van der Waals surface area contributed by atoms with E-state index in [1.807, 2.05) is 0 Å². The van der Waals surface area contributed by atoms with E-state index >= 15 is 0 Å². The average Bonchev–Trinajstić information content (AvgIpc) is 2.39. The first kappa shape index (κ1) is 14.0. The van der Waals surface area contributed by atoms with Crippen LogP contribution in [-0.4, -0.2) is 5.91 Å². The smallest absolute Gasteiger partial charge is 0.255 e. The molecule has 0 aromatic heterocycles. The van der Waals surface area contributed by atoms with E-state index in [-0.39, 0.29) is 5.69 Å². The van der Waals surface area contributed by atoms with Crippen LogP contribution in [0.5, 0.6) is 0 Å². The molecule has 0 radical (unpaired) electrons. The van der Waals surface area contributed by atoms with Crippen LogP contribution in [0.3, 0.4) is 0 Å². The van der Waals surface area contributed by atoms with Gasteiger partial charge in [-0.15, -0.1) is 0 Å². The maximum Gasteiger partial charge on any atom is 0.255 e. The molecule has 2 nitrogen and oxygen atoms in total. The minimum Gasteiger partial charge on any atom is -0.319 e. The molecule has 2 aromatic rings. The highest BCUT2D eigenvalue weighted by atomic mass is 19.2. The minimum absolute atomic E-state index is 0.0948. The molecule has 0 aliphatic heterocycles. The van der Waals surface area contributed by atoms with Gasteiger partial charge in [0.2, 0.25) is 0 Å². The fraction of sp³-hybridized carbons (Fsp3) is 0.0714. The molecule has 1 amide bonds. The topological polar surface area (TPSA) is 29.1 Å². The van der Waals surface area contributed by atoms with Gasteiger partial charge in [-0.3, -0.25) is 4.79 Å². The van der Waals surface area contributed by atoms with Gasteiger partial charge in [0, 0.05) is 5.56 Å². The first-order chi connectivity index (χ1) is 9.40. The van der Waals surface area contributed by atoms with Gasteiger partial charge in [-0.1, -0.05) is 12.1 Å². The van der Waals surface area contributed by atoms with Crippen molar-refractivity contribution in [3.05, 3.63) is 64.7 Å². The summed E-state index contributed by atoms with van der Waals surface area (Å²) >= 11 is 0. The highest BCUT2D eigenvalue weighted by Gasteiger charge is 2.16. The van der Waals surface area contributed by atoms with E-state index in [1.54, 1.807) is 13.0 Å². The number of benzene rings is 2. The van der Waals surface area contributed by atoms with Gasteiger partial charge in [0.15, 0.2) is 17.5 Å². The van der Waals surface area contributed by atoms with Crippen LogP contribution in [0.15, 0.2) is 30.3 Å². The predicted molar refractivity (Wildman–Crippen MR) is 65.4 cm³/mol. The van der Waals surface area contributed by atoms with Gasteiger partial charge in [-0.25, -0.2) is 17.6 Å². The van der Waals surface area contributed by atoms with E-state index in [0.717, 1.165) is 6.07 Å². The monoisotopic (exact) mass is 283 g/mol. The Morgan fingerprint density at radius 2 is 1.60 bits per heavy atom. The van der Waals surface area contributed by atoms with Crippen LogP contribution >= 0.6 is 0 Å². The molecule has 104 valence electrons. The van der Waals surface area contributed by atoms with E-state index in [9.17, 15) is 22.4 Å². The number of anilines is 1. The Morgan fingerprint density at radius 3 is 2.15 bits per heavy atom. The zero-order chi connectivity index (χ0) is 14.9. The molecule has 1 N–H and O–H groups in total. The van der Waals surface area contributed by atoms with Crippen LogP contribution < -0.4 is 5.32 Å². The molecule has 0 bridgehead atoms. The Kier molecular flexibility index (Phi) is 3.74. The number of rotatable bonds is 2. The van der Waals surface area contributed by atoms with Gasteiger partial charge in [0.1, 0.15) is 5.82 Å². The average molecular weight is 283 g/mol. The third-order valence-electron chi connectivity index (χ3n) is 2.71. The molecule has 0 heterocycles. The Bertz CT molecular complexity index is 642. The number of hydrogen-bond donors (Lipinski definition) is 1. The lowest BCUT2D eigenvalue weighted by Crippen LogP contribution is -2.15. The van der Waals surface area contributed by atoms with Crippen molar-refractivity contribution in [3.63, 3.8) is 0 Å². The highest BCUT2D eigenvalue weighted by Crippen LogP contribution is 2.20. The molecule has 0 spiro atoms. The first-order valence-electron chi connectivity index (χ1n) is 5.61. The number of para-hydroxylation sites is 1.